The second kappa shape index (κ2) is 6.60. The van der Waals surface area contributed by atoms with Crippen molar-refractivity contribution in [2.24, 2.45) is 0 Å². The van der Waals surface area contributed by atoms with Crippen LogP contribution in [-0.2, 0) is 0 Å². The molecule has 0 rings (SSSR count). The number of hydrogen-bond acceptors (Lipinski definition) is 2. The van der Waals surface area contributed by atoms with E-state index in [9.17, 15) is 0 Å². The van der Waals surface area contributed by atoms with Crippen molar-refractivity contribution < 1.29 is 5.21 Å². The average molecular weight is 141 g/mol. The van der Waals surface area contributed by atoms with E-state index in [1.54, 1.807) is 0 Å². The lowest BCUT2D eigenvalue weighted by Gasteiger charge is -1.95. The number of nitrogens with one attached hydrogen (secondary N) is 1. The molecule has 0 aliphatic carbocycles. The van der Waals surface area contributed by atoms with Crippen molar-refractivity contribution in [2.75, 3.05) is 0 Å². The summed E-state index contributed by atoms with van der Waals surface area (Å²) in [5.41, 5.74) is 2.07. The molecule has 1 atom stereocenters. The van der Waals surface area contributed by atoms with Gasteiger partial charge in [0.1, 0.15) is 0 Å². The van der Waals surface area contributed by atoms with Gasteiger partial charge < -0.3 is 5.21 Å². The zero-order chi connectivity index (χ0) is 7.82. The van der Waals surface area contributed by atoms with Crippen molar-refractivity contribution >= 4 is 0 Å². The maximum atomic E-state index is 8.34. The molecule has 0 amide bonds. The Balaban J connectivity index is 3.29. The van der Waals surface area contributed by atoms with E-state index < -0.39 is 0 Å². The first-order valence-electron chi connectivity index (χ1n) is 3.69. The first kappa shape index (κ1) is 9.48. The van der Waals surface area contributed by atoms with Gasteiger partial charge in [-0.2, -0.15) is 5.48 Å². The molecule has 0 spiro atoms. The lowest BCUT2D eigenvalue weighted by atomic mass is 10.2. The van der Waals surface area contributed by atoms with Crippen LogP contribution in [0.15, 0.2) is 0 Å². The SMILES string of the molecule is CCCCC#C[C@@H](C)NO. The molecule has 10 heavy (non-hydrogen) atoms. The molecule has 0 heterocycles. The standard InChI is InChI=1S/C8H15NO/c1-3-4-5-6-7-8(2)9-10/h8-10H,3-5H2,1-2H3/t8-/m1/s1. The second-order valence-electron chi connectivity index (χ2n) is 2.28. The molecule has 0 aromatic carbocycles. The molecule has 0 aliphatic rings. The minimum absolute atomic E-state index is 0.100. The van der Waals surface area contributed by atoms with Gasteiger partial charge in [-0.1, -0.05) is 19.3 Å². The fraction of sp³-hybridized carbons (Fsp3) is 0.750. The Kier molecular flexibility index (Phi) is 6.25. The van der Waals surface area contributed by atoms with Crippen LogP contribution in [0.1, 0.15) is 33.1 Å². The zero-order valence-corrected chi connectivity index (χ0v) is 6.65. The van der Waals surface area contributed by atoms with Crippen LogP contribution in [0.5, 0.6) is 0 Å². The smallest absolute Gasteiger partial charge is 0.0898 e. The molecule has 0 fully saturated rings. The normalized spacial score (nSPS) is 11.9. The Morgan fingerprint density at radius 3 is 2.80 bits per heavy atom. The van der Waals surface area contributed by atoms with Crippen molar-refractivity contribution in [3.8, 4) is 11.8 Å². The van der Waals surface area contributed by atoms with E-state index in [2.05, 4.69) is 24.2 Å². The van der Waals surface area contributed by atoms with Gasteiger partial charge in [0.05, 0.1) is 6.04 Å². The minimum atomic E-state index is -0.100. The van der Waals surface area contributed by atoms with Gasteiger partial charge in [-0.25, -0.2) is 0 Å². The Morgan fingerprint density at radius 1 is 1.60 bits per heavy atom. The van der Waals surface area contributed by atoms with Crippen LogP contribution < -0.4 is 5.48 Å². The average Bonchev–Trinajstić information content (AvgIpc) is 1.98. The molecule has 2 heteroatoms. The molecule has 0 saturated carbocycles. The molecule has 2 N–H and O–H groups in total. The first-order chi connectivity index (χ1) is 4.81. The van der Waals surface area contributed by atoms with Crippen LogP contribution in [0.25, 0.3) is 0 Å². The van der Waals surface area contributed by atoms with Gasteiger partial charge in [0.15, 0.2) is 0 Å². The molecule has 0 bridgehead atoms. The van der Waals surface area contributed by atoms with Crippen LogP contribution >= 0.6 is 0 Å². The molecule has 58 valence electrons. The van der Waals surface area contributed by atoms with Crippen LogP contribution in [0.2, 0.25) is 0 Å². The van der Waals surface area contributed by atoms with E-state index >= 15 is 0 Å². The van der Waals surface area contributed by atoms with Crippen molar-refractivity contribution in [2.45, 2.75) is 39.2 Å². The van der Waals surface area contributed by atoms with E-state index in [0.29, 0.717) is 0 Å². The van der Waals surface area contributed by atoms with Gasteiger partial charge >= 0.3 is 0 Å². The van der Waals surface area contributed by atoms with E-state index in [0.717, 1.165) is 12.8 Å². The molecule has 0 aromatic rings. The van der Waals surface area contributed by atoms with E-state index in [4.69, 9.17) is 5.21 Å². The van der Waals surface area contributed by atoms with Gasteiger partial charge in [-0.3, -0.25) is 0 Å². The highest BCUT2D eigenvalue weighted by Crippen LogP contribution is 1.90. The van der Waals surface area contributed by atoms with Gasteiger partial charge in [0, 0.05) is 6.42 Å². The van der Waals surface area contributed by atoms with Gasteiger partial charge in [0.25, 0.3) is 0 Å². The molecule has 0 radical (unpaired) electrons. The third-order valence-electron chi connectivity index (χ3n) is 1.17. The van der Waals surface area contributed by atoms with Crippen molar-refractivity contribution in [3.63, 3.8) is 0 Å². The maximum absolute atomic E-state index is 8.34. The Bertz CT molecular complexity index is 123. The number of hydroxylamine groups is 1. The summed E-state index contributed by atoms with van der Waals surface area (Å²) in [6.07, 6.45) is 3.25. The lowest BCUT2D eigenvalue weighted by molar-refractivity contribution is 0.152. The summed E-state index contributed by atoms with van der Waals surface area (Å²) < 4.78 is 0. The molecular formula is C8H15NO. The fourth-order valence-electron chi connectivity index (χ4n) is 0.523. The third-order valence-corrected chi connectivity index (χ3v) is 1.17. The highest BCUT2D eigenvalue weighted by Gasteiger charge is 1.87. The summed E-state index contributed by atoms with van der Waals surface area (Å²) in [5.74, 6) is 5.82. The maximum Gasteiger partial charge on any atom is 0.0898 e. The largest absolute Gasteiger partial charge is 0.316 e. The van der Waals surface area contributed by atoms with Gasteiger partial charge in [-0.05, 0) is 13.3 Å². The summed E-state index contributed by atoms with van der Waals surface area (Å²) >= 11 is 0. The van der Waals surface area contributed by atoms with Crippen LogP contribution in [0, 0.1) is 11.8 Å². The number of unbranched alkanes of at least 4 members (excludes halogenated alkanes) is 2. The van der Waals surface area contributed by atoms with Gasteiger partial charge in [0.2, 0.25) is 0 Å². The summed E-state index contributed by atoms with van der Waals surface area (Å²) in [7, 11) is 0. The quantitative estimate of drug-likeness (QED) is 0.355. The lowest BCUT2D eigenvalue weighted by Crippen LogP contribution is -2.19. The molecule has 0 unspecified atom stereocenters. The van der Waals surface area contributed by atoms with Crippen molar-refractivity contribution in [1.82, 2.24) is 5.48 Å². The first-order valence-corrected chi connectivity index (χ1v) is 3.69. The Labute approximate surface area is 62.6 Å². The predicted octanol–water partition coefficient (Wildman–Crippen LogP) is 1.55. The minimum Gasteiger partial charge on any atom is -0.316 e. The zero-order valence-electron chi connectivity index (χ0n) is 6.65. The molecule has 0 aliphatic heterocycles. The van der Waals surface area contributed by atoms with E-state index in [1.165, 1.54) is 6.42 Å². The van der Waals surface area contributed by atoms with Crippen LogP contribution in [-0.4, -0.2) is 11.2 Å². The highest BCUT2D eigenvalue weighted by molar-refractivity contribution is 5.04. The van der Waals surface area contributed by atoms with Crippen molar-refractivity contribution in [3.05, 3.63) is 0 Å². The summed E-state index contributed by atoms with van der Waals surface area (Å²) in [6.45, 7) is 3.95. The molecule has 0 saturated heterocycles. The van der Waals surface area contributed by atoms with Gasteiger partial charge in [-0.15, -0.1) is 5.92 Å². The summed E-state index contributed by atoms with van der Waals surface area (Å²) in [4.78, 5) is 0. The Morgan fingerprint density at radius 2 is 2.30 bits per heavy atom. The second-order valence-corrected chi connectivity index (χ2v) is 2.28. The molecular weight excluding hydrogens is 126 g/mol. The summed E-state index contributed by atoms with van der Waals surface area (Å²) in [5, 5.41) is 8.34. The topological polar surface area (TPSA) is 32.3 Å². The Hall–Kier alpha value is -0.520. The van der Waals surface area contributed by atoms with Crippen molar-refractivity contribution in [1.29, 1.82) is 0 Å². The highest BCUT2D eigenvalue weighted by atomic mass is 16.5. The van der Waals surface area contributed by atoms with Crippen LogP contribution in [0.4, 0.5) is 0 Å². The van der Waals surface area contributed by atoms with E-state index in [-0.39, 0.29) is 6.04 Å². The number of rotatable bonds is 3. The monoisotopic (exact) mass is 141 g/mol. The fourth-order valence-corrected chi connectivity index (χ4v) is 0.523. The predicted molar refractivity (Wildman–Crippen MR) is 41.7 cm³/mol. The molecule has 0 aromatic heterocycles. The third kappa shape index (κ3) is 5.61. The number of hydrogen-bond donors (Lipinski definition) is 2. The van der Waals surface area contributed by atoms with E-state index in [1.807, 2.05) is 6.92 Å². The van der Waals surface area contributed by atoms with Crippen LogP contribution in [0.3, 0.4) is 0 Å². The molecule has 2 nitrogen and oxygen atoms in total. The summed E-state index contributed by atoms with van der Waals surface area (Å²) in [6, 6.07) is -0.100.